The van der Waals surface area contributed by atoms with Gasteiger partial charge in [-0.15, -0.1) is 0 Å². The van der Waals surface area contributed by atoms with Gasteiger partial charge < -0.3 is 14.5 Å². The molecule has 2 heterocycles. The molecule has 84 valence electrons. The molecule has 2 rings (SSSR count). The van der Waals surface area contributed by atoms with Crippen LogP contribution in [0.15, 0.2) is 18.3 Å². The Morgan fingerprint density at radius 1 is 1.56 bits per heavy atom. The average Bonchev–Trinajstić information content (AvgIpc) is 2.72. The first kappa shape index (κ1) is 10.5. The number of H-pyrrole nitrogens is 1. The predicted octanol–water partition coefficient (Wildman–Crippen LogP) is 1.75. The highest BCUT2D eigenvalue weighted by molar-refractivity contribution is 5.96. The lowest BCUT2D eigenvalue weighted by Crippen LogP contribution is -2.04. The van der Waals surface area contributed by atoms with Gasteiger partial charge in [-0.25, -0.2) is 9.78 Å². The Hall–Kier alpha value is -2.04. The van der Waals surface area contributed by atoms with Crippen molar-refractivity contribution in [2.45, 2.75) is 6.92 Å². The Kier molecular flexibility index (Phi) is 2.76. The maximum atomic E-state index is 11.5. The molecule has 5 nitrogen and oxygen atoms in total. The lowest BCUT2D eigenvalue weighted by atomic mass is 10.3. The molecule has 0 bridgehead atoms. The van der Waals surface area contributed by atoms with Gasteiger partial charge in [0.25, 0.3) is 0 Å². The predicted molar refractivity (Wildman–Crippen MR) is 58.6 cm³/mol. The molecule has 0 aliphatic rings. The Balaban J connectivity index is 2.47. The Labute approximate surface area is 92.4 Å². The van der Waals surface area contributed by atoms with E-state index in [9.17, 15) is 4.79 Å². The highest BCUT2D eigenvalue weighted by atomic mass is 16.5. The number of aromatic nitrogens is 2. The van der Waals surface area contributed by atoms with E-state index in [1.165, 1.54) is 0 Å². The number of ether oxygens (including phenoxy) is 2. The number of hydrogen-bond donors (Lipinski definition) is 1. The molecule has 2 aromatic rings. The van der Waals surface area contributed by atoms with E-state index in [0.717, 1.165) is 10.9 Å². The number of carbonyl (C=O) groups is 1. The summed E-state index contributed by atoms with van der Waals surface area (Å²) in [5.41, 5.74) is 1.21. The Morgan fingerprint density at radius 2 is 2.38 bits per heavy atom. The highest BCUT2D eigenvalue weighted by Crippen LogP contribution is 2.23. The van der Waals surface area contributed by atoms with Crippen LogP contribution < -0.4 is 4.74 Å². The van der Waals surface area contributed by atoms with Crippen molar-refractivity contribution in [3.63, 3.8) is 0 Å². The van der Waals surface area contributed by atoms with Crippen molar-refractivity contribution in [1.82, 2.24) is 9.97 Å². The number of rotatable bonds is 3. The maximum Gasteiger partial charge on any atom is 0.354 e. The fourth-order valence-electron chi connectivity index (χ4n) is 1.51. The molecule has 0 spiro atoms. The molecule has 0 aliphatic carbocycles. The number of nitrogens with zero attached hydrogens (tertiary/aromatic N) is 1. The third-order valence-corrected chi connectivity index (χ3v) is 2.20. The van der Waals surface area contributed by atoms with Gasteiger partial charge in [0.15, 0.2) is 0 Å². The normalized spacial score (nSPS) is 10.4. The zero-order chi connectivity index (χ0) is 11.5. The number of fused-ring (bicyclic) bond motifs is 1. The van der Waals surface area contributed by atoms with Crippen LogP contribution in [-0.2, 0) is 4.74 Å². The fourth-order valence-corrected chi connectivity index (χ4v) is 1.51. The van der Waals surface area contributed by atoms with Crippen LogP contribution in [0.25, 0.3) is 10.9 Å². The van der Waals surface area contributed by atoms with E-state index in [2.05, 4.69) is 9.97 Å². The van der Waals surface area contributed by atoms with Crippen LogP contribution in [0.4, 0.5) is 0 Å². The summed E-state index contributed by atoms with van der Waals surface area (Å²) in [4.78, 5) is 18.5. The molecule has 5 heteroatoms. The monoisotopic (exact) mass is 220 g/mol. The maximum absolute atomic E-state index is 11.5. The van der Waals surface area contributed by atoms with Crippen molar-refractivity contribution in [2.75, 3.05) is 13.7 Å². The van der Waals surface area contributed by atoms with Crippen LogP contribution in [0.3, 0.4) is 0 Å². The van der Waals surface area contributed by atoms with Crippen molar-refractivity contribution < 1.29 is 14.3 Å². The zero-order valence-corrected chi connectivity index (χ0v) is 9.11. The summed E-state index contributed by atoms with van der Waals surface area (Å²) in [5, 5.41) is 0.771. The minimum Gasteiger partial charge on any atom is -0.481 e. The largest absolute Gasteiger partial charge is 0.481 e. The lowest BCUT2D eigenvalue weighted by molar-refractivity contribution is 0.0520. The molecule has 0 amide bonds. The number of pyridine rings is 1. The first-order chi connectivity index (χ1) is 7.76. The quantitative estimate of drug-likeness (QED) is 0.800. The summed E-state index contributed by atoms with van der Waals surface area (Å²) in [6, 6.07) is 3.46. The summed E-state index contributed by atoms with van der Waals surface area (Å²) in [6.07, 6.45) is 1.62. The number of methoxy groups -OCH3 is 1. The molecular weight excluding hydrogens is 208 g/mol. The highest BCUT2D eigenvalue weighted by Gasteiger charge is 2.12. The second-order valence-corrected chi connectivity index (χ2v) is 3.18. The summed E-state index contributed by atoms with van der Waals surface area (Å²) < 4.78 is 10.00. The van der Waals surface area contributed by atoms with E-state index in [1.807, 2.05) is 0 Å². The standard InChI is InChI=1S/C11H12N2O3/c1-3-16-11(14)9-6-7-8(13-9)4-5-12-10(7)15-2/h4-6,13H,3H2,1-2H3. The van der Waals surface area contributed by atoms with Crippen molar-refractivity contribution in [2.24, 2.45) is 0 Å². The van der Waals surface area contributed by atoms with Gasteiger partial charge in [0.05, 0.1) is 24.6 Å². The smallest absolute Gasteiger partial charge is 0.354 e. The zero-order valence-electron chi connectivity index (χ0n) is 9.11. The molecule has 0 saturated carbocycles. The van der Waals surface area contributed by atoms with Gasteiger partial charge in [-0.05, 0) is 19.1 Å². The third-order valence-electron chi connectivity index (χ3n) is 2.20. The molecule has 0 fully saturated rings. The third kappa shape index (κ3) is 1.71. The van der Waals surface area contributed by atoms with Gasteiger partial charge in [-0.3, -0.25) is 0 Å². The second-order valence-electron chi connectivity index (χ2n) is 3.18. The van der Waals surface area contributed by atoms with Crippen LogP contribution >= 0.6 is 0 Å². The SMILES string of the molecule is CCOC(=O)c1cc2c(OC)nccc2[nH]1. The molecule has 1 N–H and O–H groups in total. The molecule has 0 aromatic carbocycles. The molecule has 16 heavy (non-hydrogen) atoms. The Morgan fingerprint density at radius 3 is 3.06 bits per heavy atom. The van der Waals surface area contributed by atoms with Crippen molar-refractivity contribution in [1.29, 1.82) is 0 Å². The van der Waals surface area contributed by atoms with Gasteiger partial charge in [-0.2, -0.15) is 0 Å². The number of nitrogens with one attached hydrogen (secondary N) is 1. The first-order valence-corrected chi connectivity index (χ1v) is 4.95. The van der Waals surface area contributed by atoms with E-state index in [0.29, 0.717) is 18.2 Å². The number of hydrogen-bond acceptors (Lipinski definition) is 4. The summed E-state index contributed by atoms with van der Waals surface area (Å²) in [7, 11) is 1.54. The van der Waals surface area contributed by atoms with E-state index in [4.69, 9.17) is 9.47 Å². The lowest BCUT2D eigenvalue weighted by Gasteiger charge is -1.97. The average molecular weight is 220 g/mol. The molecule has 2 aromatic heterocycles. The van der Waals surface area contributed by atoms with Crippen LogP contribution in [0.2, 0.25) is 0 Å². The number of aromatic amines is 1. The number of esters is 1. The summed E-state index contributed by atoms with van der Waals surface area (Å²) in [5.74, 6) is 0.116. The first-order valence-electron chi connectivity index (χ1n) is 4.95. The van der Waals surface area contributed by atoms with E-state index < -0.39 is 0 Å². The van der Waals surface area contributed by atoms with E-state index in [1.54, 1.807) is 32.4 Å². The van der Waals surface area contributed by atoms with Crippen molar-refractivity contribution >= 4 is 16.9 Å². The van der Waals surface area contributed by atoms with Crippen molar-refractivity contribution in [3.8, 4) is 5.88 Å². The molecule has 0 radical (unpaired) electrons. The van der Waals surface area contributed by atoms with Crippen molar-refractivity contribution in [3.05, 3.63) is 24.0 Å². The Bertz CT molecular complexity index is 519. The molecule has 0 unspecified atom stereocenters. The van der Waals surface area contributed by atoms with Crippen LogP contribution in [0.5, 0.6) is 5.88 Å². The molecular formula is C11H12N2O3. The summed E-state index contributed by atoms with van der Waals surface area (Å²) >= 11 is 0. The van der Waals surface area contributed by atoms with Gasteiger partial charge in [-0.1, -0.05) is 0 Å². The number of carbonyl (C=O) groups excluding carboxylic acids is 1. The van der Waals surface area contributed by atoms with Gasteiger partial charge in [0, 0.05) is 6.20 Å². The van der Waals surface area contributed by atoms with Crippen LogP contribution in [-0.4, -0.2) is 29.7 Å². The van der Waals surface area contributed by atoms with Gasteiger partial charge >= 0.3 is 5.97 Å². The molecule has 0 atom stereocenters. The van der Waals surface area contributed by atoms with Gasteiger partial charge in [0.1, 0.15) is 5.69 Å². The van der Waals surface area contributed by atoms with Gasteiger partial charge in [0.2, 0.25) is 5.88 Å². The van der Waals surface area contributed by atoms with Crippen LogP contribution in [0.1, 0.15) is 17.4 Å². The second kappa shape index (κ2) is 4.22. The minimum atomic E-state index is -0.374. The van der Waals surface area contributed by atoms with E-state index in [-0.39, 0.29) is 5.97 Å². The minimum absolute atomic E-state index is 0.351. The molecule has 0 saturated heterocycles. The topological polar surface area (TPSA) is 64.2 Å². The molecule has 0 aliphatic heterocycles. The van der Waals surface area contributed by atoms with E-state index >= 15 is 0 Å². The fraction of sp³-hybridized carbons (Fsp3) is 0.273. The van der Waals surface area contributed by atoms with Crippen LogP contribution in [0, 0.1) is 0 Å². The summed E-state index contributed by atoms with van der Waals surface area (Å²) in [6.45, 7) is 2.12.